The third-order valence-electron chi connectivity index (χ3n) is 5.26. The highest BCUT2D eigenvalue weighted by molar-refractivity contribution is 6.33. The SMILES string of the molecule is CC(C)(C)OC(=O)CCc1ccc(Cl)c(NC(=O)[C@@H](CC(F)(F)F)c2ccc(C(C)(C)C)cc2)c1. The molecule has 0 heterocycles. The van der Waals surface area contributed by atoms with Crippen LogP contribution in [0.25, 0.3) is 0 Å². The maximum atomic E-state index is 13.3. The van der Waals surface area contributed by atoms with E-state index in [1.54, 1.807) is 63.2 Å². The predicted molar refractivity (Wildman–Crippen MR) is 133 cm³/mol. The molecular weight excluding hydrogens is 479 g/mol. The van der Waals surface area contributed by atoms with Gasteiger partial charge in [-0.15, -0.1) is 0 Å². The molecule has 1 amide bonds. The number of anilines is 1. The number of hydrogen-bond acceptors (Lipinski definition) is 3. The predicted octanol–water partition coefficient (Wildman–Crippen LogP) is 7.59. The van der Waals surface area contributed by atoms with Crippen molar-refractivity contribution in [3.63, 3.8) is 0 Å². The van der Waals surface area contributed by atoms with Crippen molar-refractivity contribution in [2.24, 2.45) is 0 Å². The lowest BCUT2D eigenvalue weighted by Gasteiger charge is -2.22. The van der Waals surface area contributed by atoms with Crippen LogP contribution < -0.4 is 5.32 Å². The van der Waals surface area contributed by atoms with Crippen LogP contribution in [0.5, 0.6) is 0 Å². The van der Waals surface area contributed by atoms with E-state index in [1.165, 1.54) is 0 Å². The van der Waals surface area contributed by atoms with Crippen LogP contribution >= 0.6 is 11.6 Å². The summed E-state index contributed by atoms with van der Waals surface area (Å²) >= 11 is 6.22. The molecule has 1 N–H and O–H groups in total. The van der Waals surface area contributed by atoms with E-state index < -0.39 is 30.0 Å². The van der Waals surface area contributed by atoms with Gasteiger partial charge in [0.2, 0.25) is 5.91 Å². The molecule has 8 heteroatoms. The van der Waals surface area contributed by atoms with Crippen LogP contribution in [0.1, 0.15) is 77.0 Å². The molecule has 1 atom stereocenters. The molecule has 35 heavy (non-hydrogen) atoms. The minimum atomic E-state index is -4.54. The maximum absolute atomic E-state index is 13.3. The number of carbonyl (C=O) groups excluding carboxylic acids is 2. The number of nitrogens with one attached hydrogen (secondary N) is 1. The second kappa shape index (κ2) is 11.0. The number of benzene rings is 2. The number of alkyl halides is 3. The van der Waals surface area contributed by atoms with Gasteiger partial charge in [-0.3, -0.25) is 9.59 Å². The van der Waals surface area contributed by atoms with Gasteiger partial charge >= 0.3 is 12.1 Å². The molecule has 0 fully saturated rings. The fourth-order valence-corrected chi connectivity index (χ4v) is 3.66. The van der Waals surface area contributed by atoms with Crippen LogP contribution in [0.2, 0.25) is 5.02 Å². The Morgan fingerprint density at radius 3 is 2.09 bits per heavy atom. The zero-order valence-corrected chi connectivity index (χ0v) is 21.7. The second-order valence-electron chi connectivity index (χ2n) is 10.6. The van der Waals surface area contributed by atoms with Crippen LogP contribution in [-0.2, 0) is 26.2 Å². The number of carbonyl (C=O) groups is 2. The molecule has 4 nitrogen and oxygen atoms in total. The molecular formula is C27H33ClF3NO3. The highest BCUT2D eigenvalue weighted by Gasteiger charge is 2.36. The first-order valence-corrected chi connectivity index (χ1v) is 11.8. The van der Waals surface area contributed by atoms with Gasteiger partial charge in [-0.2, -0.15) is 13.2 Å². The van der Waals surface area contributed by atoms with Crippen LogP contribution in [0, 0.1) is 0 Å². The van der Waals surface area contributed by atoms with Gasteiger partial charge < -0.3 is 10.1 Å². The van der Waals surface area contributed by atoms with Crippen molar-refractivity contribution in [1.82, 2.24) is 0 Å². The quantitative estimate of drug-likeness (QED) is 0.390. The molecule has 0 radical (unpaired) electrons. The number of ether oxygens (including phenoxy) is 1. The van der Waals surface area contributed by atoms with E-state index in [-0.39, 0.29) is 34.1 Å². The first-order valence-electron chi connectivity index (χ1n) is 11.4. The Morgan fingerprint density at radius 2 is 1.57 bits per heavy atom. The number of aryl methyl sites for hydroxylation is 1. The third-order valence-corrected chi connectivity index (χ3v) is 5.59. The summed E-state index contributed by atoms with van der Waals surface area (Å²) in [5.74, 6) is -2.62. The highest BCUT2D eigenvalue weighted by Crippen LogP contribution is 2.34. The van der Waals surface area contributed by atoms with E-state index in [0.29, 0.717) is 12.0 Å². The molecule has 192 valence electrons. The first-order chi connectivity index (χ1) is 15.9. The Bertz CT molecular complexity index is 1040. The number of rotatable bonds is 7. The number of esters is 1. The normalized spacial score (nSPS) is 13.3. The molecule has 0 saturated heterocycles. The summed E-state index contributed by atoms with van der Waals surface area (Å²) in [4.78, 5) is 25.0. The van der Waals surface area contributed by atoms with E-state index >= 15 is 0 Å². The number of hydrogen-bond donors (Lipinski definition) is 1. The van der Waals surface area contributed by atoms with E-state index in [9.17, 15) is 22.8 Å². The lowest BCUT2D eigenvalue weighted by Crippen LogP contribution is -2.26. The molecule has 0 aromatic heterocycles. The summed E-state index contributed by atoms with van der Waals surface area (Å²) in [7, 11) is 0. The van der Waals surface area contributed by atoms with Gasteiger partial charge in [0.05, 0.1) is 23.0 Å². The summed E-state index contributed by atoms with van der Waals surface area (Å²) in [6.45, 7) is 11.3. The summed E-state index contributed by atoms with van der Waals surface area (Å²) in [5.41, 5.74) is 1.33. The first kappa shape index (κ1) is 28.7. The lowest BCUT2D eigenvalue weighted by atomic mass is 9.85. The molecule has 0 saturated carbocycles. The zero-order chi connectivity index (χ0) is 26.6. The molecule has 0 bridgehead atoms. The van der Waals surface area contributed by atoms with E-state index in [4.69, 9.17) is 16.3 Å². The van der Waals surface area contributed by atoms with Crippen LogP contribution in [-0.4, -0.2) is 23.7 Å². The summed E-state index contributed by atoms with van der Waals surface area (Å²) < 4.78 is 45.3. The Labute approximate surface area is 210 Å². The molecule has 0 spiro atoms. The van der Waals surface area contributed by atoms with Crippen LogP contribution in [0.4, 0.5) is 18.9 Å². The molecule has 0 unspecified atom stereocenters. The van der Waals surface area contributed by atoms with Crippen molar-refractivity contribution in [3.8, 4) is 0 Å². The molecule has 0 aliphatic carbocycles. The van der Waals surface area contributed by atoms with Crippen molar-refractivity contribution in [2.45, 2.75) is 83.9 Å². The van der Waals surface area contributed by atoms with Crippen molar-refractivity contribution < 1.29 is 27.5 Å². The Morgan fingerprint density at radius 1 is 0.971 bits per heavy atom. The van der Waals surface area contributed by atoms with E-state index in [2.05, 4.69) is 5.32 Å². The standard InChI is InChI=1S/C27H33ClF3NO3/c1-25(2,3)19-11-9-18(10-12-19)20(16-27(29,30)31)24(34)32-22-15-17(7-13-21(22)28)8-14-23(33)35-26(4,5)6/h7,9-13,15,20H,8,14,16H2,1-6H3,(H,32,34)/t20-/m0/s1. The van der Waals surface area contributed by atoms with Gasteiger partial charge in [-0.25, -0.2) is 0 Å². The number of amides is 1. The minimum absolute atomic E-state index is 0.114. The van der Waals surface area contributed by atoms with Crippen molar-refractivity contribution in [3.05, 3.63) is 64.2 Å². The Balaban J connectivity index is 2.22. The average Bonchev–Trinajstić information content (AvgIpc) is 2.70. The minimum Gasteiger partial charge on any atom is -0.460 e. The molecule has 2 rings (SSSR count). The van der Waals surface area contributed by atoms with E-state index in [1.807, 2.05) is 20.8 Å². The summed E-state index contributed by atoms with van der Waals surface area (Å²) in [6, 6.07) is 11.4. The number of halogens is 4. The van der Waals surface area contributed by atoms with Gasteiger partial charge in [0.15, 0.2) is 0 Å². The Hall–Kier alpha value is -2.54. The van der Waals surface area contributed by atoms with Crippen LogP contribution in [0.3, 0.4) is 0 Å². The molecule has 0 aliphatic heterocycles. The zero-order valence-electron chi connectivity index (χ0n) is 21.0. The van der Waals surface area contributed by atoms with Gasteiger partial charge in [0, 0.05) is 6.42 Å². The largest absolute Gasteiger partial charge is 0.460 e. The van der Waals surface area contributed by atoms with Crippen LogP contribution in [0.15, 0.2) is 42.5 Å². The van der Waals surface area contributed by atoms with Gasteiger partial charge in [0.25, 0.3) is 0 Å². The molecule has 2 aromatic carbocycles. The maximum Gasteiger partial charge on any atom is 0.390 e. The smallest absolute Gasteiger partial charge is 0.390 e. The lowest BCUT2D eigenvalue weighted by molar-refractivity contribution is -0.154. The molecule has 2 aromatic rings. The fraction of sp³-hybridized carbons (Fsp3) is 0.481. The van der Waals surface area contributed by atoms with Gasteiger partial charge in [-0.05, 0) is 61.4 Å². The van der Waals surface area contributed by atoms with Crippen molar-refractivity contribution >= 4 is 29.2 Å². The summed E-state index contributed by atoms with van der Waals surface area (Å²) in [6.07, 6.45) is -5.40. The third kappa shape index (κ3) is 9.55. The monoisotopic (exact) mass is 511 g/mol. The Kier molecular flexibility index (Phi) is 9.04. The summed E-state index contributed by atoms with van der Waals surface area (Å²) in [5, 5.41) is 2.74. The molecule has 0 aliphatic rings. The van der Waals surface area contributed by atoms with Gasteiger partial charge in [0.1, 0.15) is 5.60 Å². The fourth-order valence-electron chi connectivity index (χ4n) is 3.49. The second-order valence-corrected chi connectivity index (χ2v) is 11.0. The topological polar surface area (TPSA) is 55.4 Å². The average molecular weight is 512 g/mol. The van der Waals surface area contributed by atoms with Crippen molar-refractivity contribution in [1.29, 1.82) is 0 Å². The van der Waals surface area contributed by atoms with E-state index in [0.717, 1.165) is 5.56 Å². The highest BCUT2D eigenvalue weighted by atomic mass is 35.5. The van der Waals surface area contributed by atoms with Crippen molar-refractivity contribution in [2.75, 3.05) is 5.32 Å². The van der Waals surface area contributed by atoms with Gasteiger partial charge in [-0.1, -0.05) is 62.7 Å².